The summed E-state index contributed by atoms with van der Waals surface area (Å²) in [5.41, 5.74) is 0. The summed E-state index contributed by atoms with van der Waals surface area (Å²) in [6.45, 7) is 3.24. The molecule has 2 saturated heterocycles. The number of thioether (sulfide) groups is 1. The molecule has 1 aromatic rings. The lowest BCUT2D eigenvalue weighted by atomic mass is 9.91. The minimum Gasteiger partial charge on any atom is -0.381 e. The molecule has 2 aliphatic heterocycles. The van der Waals surface area contributed by atoms with E-state index in [9.17, 15) is 4.79 Å². The Balaban J connectivity index is 1.73. The quantitative estimate of drug-likeness (QED) is 0.914. The fourth-order valence-electron chi connectivity index (χ4n) is 2.90. The summed E-state index contributed by atoms with van der Waals surface area (Å²) in [6.07, 6.45) is 3.89. The van der Waals surface area contributed by atoms with Crippen molar-refractivity contribution in [2.24, 2.45) is 5.92 Å². The van der Waals surface area contributed by atoms with Crippen molar-refractivity contribution >= 4 is 17.7 Å². The number of nitrogens with one attached hydrogen (secondary N) is 1. The zero-order valence-electron chi connectivity index (χ0n) is 12.2. The highest BCUT2D eigenvalue weighted by Gasteiger charge is 2.33. The van der Waals surface area contributed by atoms with Crippen molar-refractivity contribution in [1.82, 2.24) is 15.5 Å². The second-order valence-electron chi connectivity index (χ2n) is 5.62. The molecule has 3 rings (SSSR count). The molecule has 0 radical (unpaired) electrons. The lowest BCUT2D eigenvalue weighted by Gasteiger charge is -2.29. The van der Waals surface area contributed by atoms with E-state index >= 15 is 0 Å². The number of nitrogens with zero attached hydrogens (tertiary/aromatic N) is 2. The van der Waals surface area contributed by atoms with Gasteiger partial charge in [-0.05, 0) is 44.3 Å². The van der Waals surface area contributed by atoms with Crippen LogP contribution in [0, 0.1) is 12.8 Å². The Morgan fingerprint density at radius 3 is 2.81 bits per heavy atom. The number of rotatable bonds is 4. The Bertz CT molecular complexity index is 482. The fourth-order valence-corrected chi connectivity index (χ4v) is 4.07. The highest BCUT2D eigenvalue weighted by atomic mass is 32.2. The van der Waals surface area contributed by atoms with Crippen molar-refractivity contribution in [1.29, 1.82) is 0 Å². The van der Waals surface area contributed by atoms with Crippen molar-refractivity contribution in [2.75, 3.05) is 19.0 Å². The topological polar surface area (TPSA) is 77.2 Å². The van der Waals surface area contributed by atoms with Crippen LogP contribution in [0.3, 0.4) is 0 Å². The van der Waals surface area contributed by atoms with Crippen molar-refractivity contribution in [3.8, 4) is 0 Å². The summed E-state index contributed by atoms with van der Waals surface area (Å²) in [5, 5.41) is 7.08. The zero-order chi connectivity index (χ0) is 14.7. The summed E-state index contributed by atoms with van der Waals surface area (Å²) < 4.78 is 10.7. The molecular weight excluding hydrogens is 290 g/mol. The first kappa shape index (κ1) is 14.8. The van der Waals surface area contributed by atoms with Crippen LogP contribution >= 0.6 is 11.8 Å². The largest absolute Gasteiger partial charge is 0.381 e. The van der Waals surface area contributed by atoms with Crippen LogP contribution in [0.4, 0.5) is 0 Å². The molecule has 0 saturated carbocycles. The van der Waals surface area contributed by atoms with E-state index < -0.39 is 0 Å². The van der Waals surface area contributed by atoms with E-state index in [-0.39, 0.29) is 17.2 Å². The SMILES string of the molecule is Cc1noc([C@@H](NC(=O)[C@@H]2CCCS2)C2CCOCC2)n1. The average Bonchev–Trinajstić information content (AvgIpc) is 3.17. The first-order valence-corrected chi connectivity index (χ1v) is 8.59. The van der Waals surface area contributed by atoms with Crippen molar-refractivity contribution in [3.05, 3.63) is 11.7 Å². The molecule has 7 heteroatoms. The van der Waals surface area contributed by atoms with E-state index in [0.29, 0.717) is 17.6 Å². The summed E-state index contributed by atoms with van der Waals surface area (Å²) in [4.78, 5) is 16.8. The van der Waals surface area contributed by atoms with Gasteiger partial charge in [0.1, 0.15) is 6.04 Å². The molecular formula is C14H21N3O3S. The third kappa shape index (κ3) is 3.58. The van der Waals surface area contributed by atoms with E-state index in [1.54, 1.807) is 18.7 Å². The molecule has 2 fully saturated rings. The fraction of sp³-hybridized carbons (Fsp3) is 0.786. The minimum absolute atomic E-state index is 0.0661. The Labute approximate surface area is 128 Å². The Hall–Kier alpha value is -1.08. The predicted octanol–water partition coefficient (Wildman–Crippen LogP) is 1.86. The highest BCUT2D eigenvalue weighted by Crippen LogP contribution is 2.31. The minimum atomic E-state index is -0.191. The van der Waals surface area contributed by atoms with Gasteiger partial charge in [-0.3, -0.25) is 4.79 Å². The van der Waals surface area contributed by atoms with Crippen LogP contribution in [0.5, 0.6) is 0 Å². The van der Waals surface area contributed by atoms with E-state index in [1.807, 2.05) is 0 Å². The van der Waals surface area contributed by atoms with Crippen molar-refractivity contribution in [2.45, 2.75) is 43.9 Å². The molecule has 1 amide bonds. The summed E-state index contributed by atoms with van der Waals surface area (Å²) >= 11 is 1.74. The van der Waals surface area contributed by atoms with Crippen LogP contribution in [0.15, 0.2) is 4.52 Å². The Morgan fingerprint density at radius 1 is 1.38 bits per heavy atom. The van der Waals surface area contributed by atoms with Gasteiger partial charge in [-0.1, -0.05) is 5.16 Å². The van der Waals surface area contributed by atoms with Crippen molar-refractivity contribution < 1.29 is 14.1 Å². The summed E-state index contributed by atoms with van der Waals surface area (Å²) in [5.74, 6) is 2.60. The first-order chi connectivity index (χ1) is 10.2. The van der Waals surface area contributed by atoms with E-state index in [2.05, 4.69) is 15.5 Å². The van der Waals surface area contributed by atoms with E-state index in [0.717, 1.165) is 44.6 Å². The number of ether oxygens (including phenoxy) is 1. The molecule has 1 aromatic heterocycles. The number of carbonyl (C=O) groups is 1. The maximum atomic E-state index is 12.4. The van der Waals surface area contributed by atoms with Gasteiger partial charge in [0.15, 0.2) is 5.82 Å². The third-order valence-corrected chi connectivity index (χ3v) is 5.44. The van der Waals surface area contributed by atoms with Gasteiger partial charge in [0.05, 0.1) is 5.25 Å². The molecule has 0 unspecified atom stereocenters. The molecule has 0 aliphatic carbocycles. The molecule has 21 heavy (non-hydrogen) atoms. The second-order valence-corrected chi connectivity index (χ2v) is 6.93. The Morgan fingerprint density at radius 2 is 2.19 bits per heavy atom. The second kappa shape index (κ2) is 6.79. The van der Waals surface area contributed by atoms with Crippen LogP contribution in [-0.4, -0.2) is 40.3 Å². The van der Waals surface area contributed by atoms with Crippen LogP contribution < -0.4 is 5.32 Å². The van der Waals surface area contributed by atoms with Crippen LogP contribution in [0.25, 0.3) is 0 Å². The number of amides is 1. The molecule has 1 N–H and O–H groups in total. The lowest BCUT2D eigenvalue weighted by Crippen LogP contribution is -2.39. The number of carbonyl (C=O) groups excluding carboxylic acids is 1. The van der Waals surface area contributed by atoms with Gasteiger partial charge < -0.3 is 14.6 Å². The third-order valence-electron chi connectivity index (χ3n) is 4.07. The van der Waals surface area contributed by atoms with Gasteiger partial charge in [0, 0.05) is 13.2 Å². The maximum Gasteiger partial charge on any atom is 0.249 e. The number of aromatic nitrogens is 2. The van der Waals surface area contributed by atoms with Gasteiger partial charge in [-0.2, -0.15) is 4.98 Å². The monoisotopic (exact) mass is 311 g/mol. The first-order valence-electron chi connectivity index (χ1n) is 7.54. The van der Waals surface area contributed by atoms with E-state index in [4.69, 9.17) is 9.26 Å². The molecule has 0 spiro atoms. The molecule has 2 atom stereocenters. The molecule has 0 aromatic carbocycles. The van der Waals surface area contributed by atoms with Gasteiger partial charge in [-0.25, -0.2) is 0 Å². The van der Waals surface area contributed by atoms with Gasteiger partial charge >= 0.3 is 0 Å². The van der Waals surface area contributed by atoms with E-state index in [1.165, 1.54) is 0 Å². The summed E-state index contributed by atoms with van der Waals surface area (Å²) in [7, 11) is 0. The van der Waals surface area contributed by atoms with Gasteiger partial charge in [0.2, 0.25) is 11.8 Å². The molecule has 0 bridgehead atoms. The molecule has 2 aliphatic rings. The standard InChI is InChI=1S/C14H21N3O3S/c1-9-15-14(20-17-9)12(10-4-6-19-7-5-10)16-13(18)11-3-2-8-21-11/h10-12H,2-8H2,1H3,(H,16,18)/t11-,12-/m0/s1. The van der Waals surface area contributed by atoms with Gasteiger partial charge in [-0.15, -0.1) is 11.8 Å². The van der Waals surface area contributed by atoms with Crippen molar-refractivity contribution in [3.63, 3.8) is 0 Å². The van der Waals surface area contributed by atoms with Crippen LogP contribution in [-0.2, 0) is 9.53 Å². The van der Waals surface area contributed by atoms with Gasteiger partial charge in [0.25, 0.3) is 0 Å². The Kier molecular flexibility index (Phi) is 4.80. The number of aryl methyl sites for hydroxylation is 1. The smallest absolute Gasteiger partial charge is 0.249 e. The number of hydrogen-bond donors (Lipinski definition) is 1. The zero-order valence-corrected chi connectivity index (χ0v) is 13.0. The normalized spacial score (nSPS) is 24.9. The maximum absolute atomic E-state index is 12.4. The lowest BCUT2D eigenvalue weighted by molar-refractivity contribution is -0.122. The molecule has 3 heterocycles. The number of hydrogen-bond acceptors (Lipinski definition) is 6. The van der Waals surface area contributed by atoms with Crippen LogP contribution in [0.2, 0.25) is 0 Å². The average molecular weight is 311 g/mol. The summed E-state index contributed by atoms with van der Waals surface area (Å²) in [6, 6.07) is -0.191. The molecule has 6 nitrogen and oxygen atoms in total. The molecule has 116 valence electrons. The highest BCUT2D eigenvalue weighted by molar-refractivity contribution is 8.00. The van der Waals surface area contributed by atoms with Crippen LogP contribution in [0.1, 0.15) is 43.4 Å². The predicted molar refractivity (Wildman–Crippen MR) is 78.9 cm³/mol.